The second kappa shape index (κ2) is 5.36. The maximum Gasteiger partial charge on any atom is 0.258 e. The van der Waals surface area contributed by atoms with E-state index in [4.69, 9.17) is 9.26 Å². The van der Waals surface area contributed by atoms with Crippen LogP contribution >= 0.6 is 0 Å². The number of methoxy groups -OCH3 is 1. The molecule has 0 aliphatic heterocycles. The van der Waals surface area contributed by atoms with Gasteiger partial charge < -0.3 is 9.26 Å². The lowest BCUT2D eigenvalue weighted by molar-refractivity contribution is 0.412. The standard InChI is InChI=1S/C16H15N3O2/c1-10-8-12(4-5-15(10)20-3)14-9-13(6-7-17-14)16-18-11(2)19-21-16/h4-9H,1-3H3. The molecule has 2 heterocycles. The minimum absolute atomic E-state index is 0.501. The van der Waals surface area contributed by atoms with Gasteiger partial charge in [-0.05, 0) is 49.7 Å². The van der Waals surface area contributed by atoms with Gasteiger partial charge in [0.25, 0.3) is 5.89 Å². The average Bonchev–Trinajstić information content (AvgIpc) is 2.94. The molecule has 1 aromatic carbocycles. The number of pyridine rings is 1. The van der Waals surface area contributed by atoms with Gasteiger partial charge in [-0.3, -0.25) is 4.98 Å². The van der Waals surface area contributed by atoms with Crippen molar-refractivity contribution in [1.29, 1.82) is 0 Å². The molecule has 0 saturated carbocycles. The first-order valence-electron chi connectivity index (χ1n) is 6.59. The van der Waals surface area contributed by atoms with E-state index < -0.39 is 0 Å². The number of hydrogen-bond acceptors (Lipinski definition) is 5. The highest BCUT2D eigenvalue weighted by Crippen LogP contribution is 2.27. The summed E-state index contributed by atoms with van der Waals surface area (Å²) < 4.78 is 10.5. The van der Waals surface area contributed by atoms with E-state index in [2.05, 4.69) is 15.1 Å². The topological polar surface area (TPSA) is 61.0 Å². The molecule has 0 aliphatic carbocycles. The van der Waals surface area contributed by atoms with E-state index in [-0.39, 0.29) is 0 Å². The predicted molar refractivity (Wildman–Crippen MR) is 79.0 cm³/mol. The molecule has 0 atom stereocenters. The van der Waals surface area contributed by atoms with Crippen LogP contribution in [0.1, 0.15) is 11.4 Å². The number of rotatable bonds is 3. The van der Waals surface area contributed by atoms with Crippen molar-refractivity contribution >= 4 is 0 Å². The second-order valence-electron chi connectivity index (χ2n) is 4.76. The Morgan fingerprint density at radius 3 is 2.57 bits per heavy atom. The highest BCUT2D eigenvalue weighted by atomic mass is 16.5. The van der Waals surface area contributed by atoms with Gasteiger partial charge in [0.05, 0.1) is 12.8 Å². The fourth-order valence-electron chi connectivity index (χ4n) is 2.17. The van der Waals surface area contributed by atoms with Crippen LogP contribution < -0.4 is 4.74 Å². The van der Waals surface area contributed by atoms with Crippen molar-refractivity contribution in [2.75, 3.05) is 7.11 Å². The van der Waals surface area contributed by atoms with Crippen LogP contribution in [-0.4, -0.2) is 22.2 Å². The average molecular weight is 281 g/mol. The molecule has 3 rings (SSSR count). The monoisotopic (exact) mass is 281 g/mol. The minimum atomic E-state index is 0.501. The molecule has 3 aromatic rings. The summed E-state index contributed by atoms with van der Waals surface area (Å²) in [7, 11) is 1.67. The first kappa shape index (κ1) is 13.3. The molecule has 0 saturated heterocycles. The van der Waals surface area contributed by atoms with Crippen molar-refractivity contribution in [3.05, 3.63) is 47.9 Å². The number of benzene rings is 1. The molecule has 0 amide bonds. The summed E-state index contributed by atoms with van der Waals surface area (Å²) >= 11 is 0. The number of nitrogens with zero attached hydrogens (tertiary/aromatic N) is 3. The van der Waals surface area contributed by atoms with E-state index in [9.17, 15) is 0 Å². The van der Waals surface area contributed by atoms with Crippen molar-refractivity contribution in [2.45, 2.75) is 13.8 Å². The smallest absolute Gasteiger partial charge is 0.258 e. The van der Waals surface area contributed by atoms with Crippen LogP contribution in [0.5, 0.6) is 5.75 Å². The van der Waals surface area contributed by atoms with E-state index in [1.165, 1.54) is 0 Å². The van der Waals surface area contributed by atoms with Gasteiger partial charge in [0.15, 0.2) is 5.82 Å². The Labute approximate surface area is 122 Å². The van der Waals surface area contributed by atoms with E-state index in [0.29, 0.717) is 11.7 Å². The fourth-order valence-corrected chi connectivity index (χ4v) is 2.17. The summed E-state index contributed by atoms with van der Waals surface area (Å²) in [5, 5.41) is 3.81. The Kier molecular flexibility index (Phi) is 3.39. The summed E-state index contributed by atoms with van der Waals surface area (Å²) in [6, 6.07) is 9.76. The Balaban J connectivity index is 2.01. The van der Waals surface area contributed by atoms with Gasteiger partial charge in [-0.15, -0.1) is 0 Å². The van der Waals surface area contributed by atoms with Crippen molar-refractivity contribution in [1.82, 2.24) is 15.1 Å². The maximum absolute atomic E-state index is 5.28. The SMILES string of the molecule is COc1ccc(-c2cc(-c3nc(C)no3)ccn2)cc1C. The van der Waals surface area contributed by atoms with Gasteiger partial charge in [-0.2, -0.15) is 4.98 Å². The largest absolute Gasteiger partial charge is 0.496 e. The Morgan fingerprint density at radius 2 is 1.90 bits per heavy atom. The van der Waals surface area contributed by atoms with Crippen LogP contribution in [0.3, 0.4) is 0 Å². The highest BCUT2D eigenvalue weighted by Gasteiger charge is 2.09. The first-order valence-corrected chi connectivity index (χ1v) is 6.59. The molecule has 0 N–H and O–H groups in total. The van der Waals surface area contributed by atoms with Crippen molar-refractivity contribution in [2.24, 2.45) is 0 Å². The molecular formula is C16H15N3O2. The number of aryl methyl sites for hydroxylation is 2. The quantitative estimate of drug-likeness (QED) is 0.736. The van der Waals surface area contributed by atoms with Crippen molar-refractivity contribution in [3.63, 3.8) is 0 Å². The van der Waals surface area contributed by atoms with Crippen molar-refractivity contribution < 1.29 is 9.26 Å². The maximum atomic E-state index is 5.28. The second-order valence-corrected chi connectivity index (χ2v) is 4.76. The van der Waals surface area contributed by atoms with Crippen LogP contribution in [0.2, 0.25) is 0 Å². The lowest BCUT2D eigenvalue weighted by Gasteiger charge is -2.07. The van der Waals surface area contributed by atoms with Crippen LogP contribution in [0, 0.1) is 13.8 Å². The van der Waals surface area contributed by atoms with E-state index in [0.717, 1.165) is 28.1 Å². The molecule has 106 valence electrons. The summed E-state index contributed by atoms with van der Waals surface area (Å²) in [6.07, 6.45) is 1.74. The van der Waals surface area contributed by atoms with E-state index >= 15 is 0 Å². The van der Waals surface area contributed by atoms with Crippen LogP contribution in [-0.2, 0) is 0 Å². The summed E-state index contributed by atoms with van der Waals surface area (Å²) in [5.74, 6) is 1.98. The van der Waals surface area contributed by atoms with Crippen LogP contribution in [0.25, 0.3) is 22.7 Å². The molecule has 0 fully saturated rings. The van der Waals surface area contributed by atoms with Crippen molar-refractivity contribution in [3.8, 4) is 28.5 Å². The molecule has 0 radical (unpaired) electrons. The normalized spacial score (nSPS) is 10.6. The van der Waals surface area contributed by atoms with Crippen LogP contribution in [0.4, 0.5) is 0 Å². The summed E-state index contributed by atoms with van der Waals surface area (Å²) in [5.41, 5.74) is 3.80. The van der Waals surface area contributed by atoms with Gasteiger partial charge in [0.1, 0.15) is 5.75 Å². The van der Waals surface area contributed by atoms with Gasteiger partial charge >= 0.3 is 0 Å². The van der Waals surface area contributed by atoms with E-state index in [1.54, 1.807) is 20.2 Å². The molecule has 21 heavy (non-hydrogen) atoms. The lowest BCUT2D eigenvalue weighted by atomic mass is 10.1. The molecule has 2 aromatic heterocycles. The highest BCUT2D eigenvalue weighted by molar-refractivity contribution is 5.67. The molecular weight excluding hydrogens is 266 g/mol. The van der Waals surface area contributed by atoms with Gasteiger partial charge in [0.2, 0.25) is 0 Å². The van der Waals surface area contributed by atoms with Gasteiger partial charge in [-0.1, -0.05) is 5.16 Å². The first-order chi connectivity index (χ1) is 10.2. The molecule has 0 bridgehead atoms. The predicted octanol–water partition coefficient (Wildman–Crippen LogP) is 3.42. The molecule has 0 spiro atoms. The summed E-state index contributed by atoms with van der Waals surface area (Å²) in [4.78, 5) is 8.64. The lowest BCUT2D eigenvalue weighted by Crippen LogP contribution is -1.90. The molecule has 5 heteroatoms. The third-order valence-corrected chi connectivity index (χ3v) is 3.23. The number of aromatic nitrogens is 3. The molecule has 0 unspecified atom stereocenters. The fraction of sp³-hybridized carbons (Fsp3) is 0.188. The third-order valence-electron chi connectivity index (χ3n) is 3.23. The Morgan fingerprint density at radius 1 is 1.05 bits per heavy atom. The van der Waals surface area contributed by atoms with Crippen LogP contribution in [0.15, 0.2) is 41.1 Å². The van der Waals surface area contributed by atoms with Gasteiger partial charge in [-0.25, -0.2) is 0 Å². The summed E-state index contributed by atoms with van der Waals surface area (Å²) in [6.45, 7) is 3.80. The zero-order valence-electron chi connectivity index (χ0n) is 12.1. The molecule has 5 nitrogen and oxygen atoms in total. The molecule has 0 aliphatic rings. The number of ether oxygens (including phenoxy) is 1. The zero-order valence-corrected chi connectivity index (χ0v) is 12.1. The van der Waals surface area contributed by atoms with Gasteiger partial charge in [0, 0.05) is 17.3 Å². The van der Waals surface area contributed by atoms with E-state index in [1.807, 2.05) is 37.3 Å². The Bertz CT molecular complexity index is 781. The number of hydrogen-bond donors (Lipinski definition) is 0. The zero-order chi connectivity index (χ0) is 14.8. The third kappa shape index (κ3) is 2.63. The Hall–Kier alpha value is -2.69. The minimum Gasteiger partial charge on any atom is -0.496 e.